The SMILES string of the molecule is CC1(C)c2cccnc2-c2ccc3c(c21)-c1c(ccc2ccncc12)[Si]3(C)C. The van der Waals surface area contributed by atoms with E-state index in [0.717, 1.165) is 5.69 Å². The Bertz CT molecular complexity index is 1320. The van der Waals surface area contributed by atoms with Gasteiger partial charge in [-0.05, 0) is 50.1 Å². The molecule has 0 N–H and O–H groups in total. The van der Waals surface area contributed by atoms with Gasteiger partial charge in [-0.2, -0.15) is 0 Å². The van der Waals surface area contributed by atoms with Gasteiger partial charge in [0.05, 0.1) is 5.69 Å². The van der Waals surface area contributed by atoms with Gasteiger partial charge in [0.1, 0.15) is 8.07 Å². The molecule has 136 valence electrons. The summed E-state index contributed by atoms with van der Waals surface area (Å²) >= 11 is 0. The van der Waals surface area contributed by atoms with Crippen LogP contribution in [0.15, 0.2) is 61.1 Å². The van der Waals surface area contributed by atoms with Gasteiger partial charge in [0.2, 0.25) is 0 Å². The summed E-state index contributed by atoms with van der Waals surface area (Å²) in [6.45, 7) is 9.68. The van der Waals surface area contributed by atoms with Crippen molar-refractivity contribution < 1.29 is 0 Å². The molecule has 1 aliphatic carbocycles. The van der Waals surface area contributed by atoms with Crippen molar-refractivity contribution in [1.29, 1.82) is 0 Å². The van der Waals surface area contributed by atoms with Crippen molar-refractivity contribution in [3.8, 4) is 22.4 Å². The minimum atomic E-state index is -1.76. The minimum Gasteiger partial charge on any atom is -0.264 e. The maximum atomic E-state index is 4.78. The molecule has 0 saturated carbocycles. The lowest BCUT2D eigenvalue weighted by Crippen LogP contribution is -2.49. The molecule has 0 radical (unpaired) electrons. The average molecular weight is 379 g/mol. The van der Waals surface area contributed by atoms with Gasteiger partial charge in [-0.3, -0.25) is 9.97 Å². The van der Waals surface area contributed by atoms with Gasteiger partial charge in [0, 0.05) is 35.0 Å². The predicted molar refractivity (Wildman–Crippen MR) is 119 cm³/mol. The highest BCUT2D eigenvalue weighted by Crippen LogP contribution is 2.52. The lowest BCUT2D eigenvalue weighted by molar-refractivity contribution is 0.661. The molecule has 0 saturated heterocycles. The molecule has 3 heteroatoms. The van der Waals surface area contributed by atoms with Gasteiger partial charge in [0.15, 0.2) is 0 Å². The van der Waals surface area contributed by atoms with E-state index >= 15 is 0 Å². The molecule has 3 heterocycles. The Labute approximate surface area is 166 Å². The van der Waals surface area contributed by atoms with Crippen LogP contribution in [-0.4, -0.2) is 18.0 Å². The largest absolute Gasteiger partial charge is 0.264 e. The van der Waals surface area contributed by atoms with E-state index in [-0.39, 0.29) is 5.41 Å². The lowest BCUT2D eigenvalue weighted by Gasteiger charge is -2.25. The molecule has 0 amide bonds. The molecule has 0 spiro atoms. The molecule has 2 aromatic heterocycles. The number of rotatable bonds is 0. The Balaban J connectivity index is 1.82. The minimum absolute atomic E-state index is 0.0548. The highest BCUT2D eigenvalue weighted by Gasteiger charge is 2.46. The van der Waals surface area contributed by atoms with Crippen molar-refractivity contribution in [3.63, 3.8) is 0 Å². The Kier molecular flexibility index (Phi) is 2.88. The molecule has 2 nitrogen and oxygen atoms in total. The summed E-state index contributed by atoms with van der Waals surface area (Å²) in [4.78, 5) is 9.26. The number of nitrogens with zero attached hydrogens (tertiary/aromatic N) is 2. The smallest absolute Gasteiger partial charge is 0.113 e. The predicted octanol–water partition coefficient (Wildman–Crippen LogP) is 4.74. The van der Waals surface area contributed by atoms with Crippen LogP contribution in [0.5, 0.6) is 0 Å². The lowest BCUT2D eigenvalue weighted by atomic mass is 9.78. The number of benzene rings is 2. The topological polar surface area (TPSA) is 25.8 Å². The zero-order valence-corrected chi connectivity index (χ0v) is 17.7. The Morgan fingerprint density at radius 3 is 2.50 bits per heavy atom. The van der Waals surface area contributed by atoms with Gasteiger partial charge in [-0.15, -0.1) is 0 Å². The Morgan fingerprint density at radius 1 is 0.857 bits per heavy atom. The zero-order chi connectivity index (χ0) is 19.3. The van der Waals surface area contributed by atoms with Gasteiger partial charge in [-0.25, -0.2) is 0 Å². The Morgan fingerprint density at radius 2 is 1.64 bits per heavy atom. The third-order valence-corrected chi connectivity index (χ3v) is 10.5. The number of pyridine rings is 2. The van der Waals surface area contributed by atoms with Crippen LogP contribution >= 0.6 is 0 Å². The summed E-state index contributed by atoms with van der Waals surface area (Å²) in [6, 6.07) is 15.8. The summed E-state index contributed by atoms with van der Waals surface area (Å²) in [6.07, 6.45) is 5.87. The first kappa shape index (κ1) is 16.2. The van der Waals surface area contributed by atoms with Crippen molar-refractivity contribution in [2.45, 2.75) is 32.4 Å². The summed E-state index contributed by atoms with van der Waals surface area (Å²) in [5, 5.41) is 5.65. The van der Waals surface area contributed by atoms with Crippen LogP contribution in [-0.2, 0) is 5.41 Å². The molecular formula is C25H22N2Si. The molecule has 2 aliphatic rings. The second-order valence-corrected chi connectivity index (χ2v) is 13.5. The Hall–Kier alpha value is -2.78. The van der Waals surface area contributed by atoms with Gasteiger partial charge >= 0.3 is 0 Å². The normalized spacial score (nSPS) is 17.1. The average Bonchev–Trinajstić information content (AvgIpc) is 3.08. The molecule has 4 aromatic rings. The summed E-state index contributed by atoms with van der Waals surface area (Å²) in [5.41, 5.74) is 8.08. The standard InChI is InChI=1S/C25H22N2Si/c1-25(2)18-6-5-12-27-24(18)16-8-10-20-22(23(16)25)21-17-14-26-13-11-15(17)7-9-19(21)28(20,3)4/h5-14H,1-4H3. The second kappa shape index (κ2) is 4.98. The molecule has 0 fully saturated rings. The molecule has 28 heavy (non-hydrogen) atoms. The van der Waals surface area contributed by atoms with Crippen LogP contribution < -0.4 is 10.4 Å². The van der Waals surface area contributed by atoms with Crippen molar-refractivity contribution in [1.82, 2.24) is 9.97 Å². The van der Waals surface area contributed by atoms with E-state index < -0.39 is 8.07 Å². The van der Waals surface area contributed by atoms with Crippen LogP contribution in [0, 0.1) is 0 Å². The van der Waals surface area contributed by atoms with E-state index in [1.54, 1.807) is 5.19 Å². The molecule has 0 unspecified atom stereocenters. The van der Waals surface area contributed by atoms with E-state index in [4.69, 9.17) is 4.98 Å². The molecule has 2 aromatic carbocycles. The third kappa shape index (κ3) is 1.74. The highest BCUT2D eigenvalue weighted by molar-refractivity contribution is 7.04. The van der Waals surface area contributed by atoms with Crippen LogP contribution in [0.25, 0.3) is 33.2 Å². The first-order valence-corrected chi connectivity index (χ1v) is 12.9. The summed E-state index contributed by atoms with van der Waals surface area (Å²) < 4.78 is 0. The molecule has 0 atom stereocenters. The van der Waals surface area contributed by atoms with Crippen LogP contribution in [0.2, 0.25) is 13.1 Å². The van der Waals surface area contributed by atoms with E-state index in [9.17, 15) is 0 Å². The van der Waals surface area contributed by atoms with Crippen molar-refractivity contribution in [2.75, 3.05) is 0 Å². The van der Waals surface area contributed by atoms with E-state index in [1.807, 2.05) is 12.4 Å². The molecule has 6 rings (SSSR count). The van der Waals surface area contributed by atoms with Crippen LogP contribution in [0.1, 0.15) is 25.0 Å². The highest BCUT2D eigenvalue weighted by atomic mass is 28.3. The summed E-state index contributed by atoms with van der Waals surface area (Å²) in [7, 11) is -1.76. The van der Waals surface area contributed by atoms with Crippen molar-refractivity contribution in [3.05, 3.63) is 72.2 Å². The van der Waals surface area contributed by atoms with E-state index in [1.165, 1.54) is 43.8 Å². The zero-order valence-electron chi connectivity index (χ0n) is 16.7. The van der Waals surface area contributed by atoms with Crippen LogP contribution in [0.3, 0.4) is 0 Å². The fraction of sp³-hybridized carbons (Fsp3) is 0.200. The molecular weight excluding hydrogens is 356 g/mol. The first-order valence-electron chi connectivity index (χ1n) is 9.94. The van der Waals surface area contributed by atoms with E-state index in [2.05, 4.69) is 80.6 Å². The summed E-state index contributed by atoms with van der Waals surface area (Å²) in [5.74, 6) is 0. The maximum absolute atomic E-state index is 4.78. The first-order chi connectivity index (χ1) is 13.4. The number of fused-ring (bicyclic) bond motifs is 9. The fourth-order valence-corrected chi connectivity index (χ4v) is 8.63. The quantitative estimate of drug-likeness (QED) is 0.413. The van der Waals surface area contributed by atoms with Crippen molar-refractivity contribution >= 4 is 29.2 Å². The van der Waals surface area contributed by atoms with Gasteiger partial charge in [0.25, 0.3) is 0 Å². The van der Waals surface area contributed by atoms with Gasteiger partial charge in [-0.1, -0.05) is 57.3 Å². The molecule has 1 aliphatic heterocycles. The number of hydrogen-bond donors (Lipinski definition) is 0. The number of aromatic nitrogens is 2. The van der Waals surface area contributed by atoms with Crippen LogP contribution in [0.4, 0.5) is 0 Å². The second-order valence-electron chi connectivity index (χ2n) is 9.15. The van der Waals surface area contributed by atoms with E-state index in [0.29, 0.717) is 0 Å². The monoisotopic (exact) mass is 378 g/mol. The number of hydrogen-bond acceptors (Lipinski definition) is 2. The van der Waals surface area contributed by atoms with Crippen molar-refractivity contribution in [2.24, 2.45) is 0 Å². The van der Waals surface area contributed by atoms with Gasteiger partial charge < -0.3 is 0 Å². The third-order valence-electron chi connectivity index (χ3n) is 6.99. The molecule has 0 bridgehead atoms. The maximum Gasteiger partial charge on any atom is 0.113 e. The fourth-order valence-electron chi connectivity index (χ4n) is 5.58.